The van der Waals surface area contributed by atoms with E-state index in [1.54, 1.807) is 7.11 Å². The van der Waals surface area contributed by atoms with Crippen molar-refractivity contribution in [2.45, 2.75) is 32.9 Å². The second kappa shape index (κ2) is 7.14. The van der Waals surface area contributed by atoms with Crippen LogP contribution in [0, 0.1) is 5.92 Å². The number of hydrogen-bond acceptors (Lipinski definition) is 3. The van der Waals surface area contributed by atoms with Gasteiger partial charge in [0.1, 0.15) is 11.8 Å². The summed E-state index contributed by atoms with van der Waals surface area (Å²) in [5.41, 5.74) is 1.00. The van der Waals surface area contributed by atoms with Crippen LogP contribution in [-0.4, -0.2) is 36.2 Å². The van der Waals surface area contributed by atoms with Crippen molar-refractivity contribution in [3.05, 3.63) is 29.8 Å². The second-order valence-corrected chi connectivity index (χ2v) is 5.21. The average Bonchev–Trinajstić information content (AvgIpc) is 2.36. The molecule has 0 aromatic heterocycles. The largest absolute Gasteiger partial charge is 0.496 e. The molecule has 0 aliphatic carbocycles. The number of benzene rings is 1. The highest BCUT2D eigenvalue weighted by molar-refractivity contribution is 5.73. The molecule has 0 heterocycles. The summed E-state index contributed by atoms with van der Waals surface area (Å²) in [5.74, 6) is 0.371. The fourth-order valence-electron chi connectivity index (χ4n) is 2.13. The molecule has 1 N–H and O–H groups in total. The van der Waals surface area contributed by atoms with E-state index in [0.717, 1.165) is 11.3 Å². The summed E-state index contributed by atoms with van der Waals surface area (Å²) in [6.45, 7) is 4.63. The van der Waals surface area contributed by atoms with Crippen molar-refractivity contribution >= 4 is 5.97 Å². The van der Waals surface area contributed by atoms with Gasteiger partial charge in [-0.1, -0.05) is 32.0 Å². The van der Waals surface area contributed by atoms with E-state index in [2.05, 4.69) is 0 Å². The number of rotatable bonds is 7. The highest BCUT2D eigenvalue weighted by Crippen LogP contribution is 2.21. The Morgan fingerprint density at radius 2 is 2.00 bits per heavy atom. The van der Waals surface area contributed by atoms with Crippen LogP contribution in [0.1, 0.15) is 25.8 Å². The Bertz CT molecular complexity index is 418. The highest BCUT2D eigenvalue weighted by Gasteiger charge is 2.24. The summed E-state index contributed by atoms with van der Waals surface area (Å²) in [6.07, 6.45) is 0.640. The van der Waals surface area contributed by atoms with Crippen molar-refractivity contribution in [1.29, 1.82) is 0 Å². The molecule has 1 rings (SSSR count). The maximum absolute atomic E-state index is 11.3. The molecule has 4 heteroatoms. The first kappa shape index (κ1) is 15.5. The first-order chi connectivity index (χ1) is 8.95. The molecular formula is C15H23NO3. The van der Waals surface area contributed by atoms with Gasteiger partial charge in [0.05, 0.1) is 7.11 Å². The first-order valence-electron chi connectivity index (χ1n) is 6.50. The summed E-state index contributed by atoms with van der Waals surface area (Å²) < 4.78 is 5.29. The molecule has 4 nitrogen and oxygen atoms in total. The molecule has 0 radical (unpaired) electrons. The molecule has 0 bridgehead atoms. The maximum atomic E-state index is 11.3. The lowest BCUT2D eigenvalue weighted by Crippen LogP contribution is -2.39. The van der Waals surface area contributed by atoms with Gasteiger partial charge in [0.25, 0.3) is 0 Å². The van der Waals surface area contributed by atoms with Gasteiger partial charge in [0.15, 0.2) is 0 Å². The Kier molecular flexibility index (Phi) is 5.83. The Hall–Kier alpha value is -1.55. The molecule has 0 fully saturated rings. The van der Waals surface area contributed by atoms with Gasteiger partial charge in [-0.15, -0.1) is 0 Å². The third-order valence-corrected chi connectivity index (χ3v) is 3.12. The van der Waals surface area contributed by atoms with Crippen LogP contribution in [0.2, 0.25) is 0 Å². The van der Waals surface area contributed by atoms with Crippen LogP contribution >= 0.6 is 0 Å². The normalized spacial score (nSPS) is 12.7. The Labute approximate surface area is 115 Å². The van der Waals surface area contributed by atoms with Crippen LogP contribution in [0.5, 0.6) is 5.75 Å². The fourth-order valence-corrected chi connectivity index (χ4v) is 2.13. The van der Waals surface area contributed by atoms with Gasteiger partial charge in [-0.05, 0) is 25.5 Å². The second-order valence-electron chi connectivity index (χ2n) is 5.21. The number of hydrogen-bond donors (Lipinski definition) is 1. The van der Waals surface area contributed by atoms with Crippen LogP contribution in [0.3, 0.4) is 0 Å². The van der Waals surface area contributed by atoms with Crippen LogP contribution in [-0.2, 0) is 11.3 Å². The van der Waals surface area contributed by atoms with Crippen LogP contribution in [0.25, 0.3) is 0 Å². The number of aliphatic carboxylic acids is 1. The number of carboxylic acids is 1. The third-order valence-electron chi connectivity index (χ3n) is 3.12. The van der Waals surface area contributed by atoms with E-state index in [-0.39, 0.29) is 0 Å². The Morgan fingerprint density at radius 1 is 1.37 bits per heavy atom. The number of methoxy groups -OCH3 is 1. The summed E-state index contributed by atoms with van der Waals surface area (Å²) in [4.78, 5) is 13.2. The van der Waals surface area contributed by atoms with Gasteiger partial charge < -0.3 is 9.84 Å². The third kappa shape index (κ3) is 4.56. The molecule has 1 unspecified atom stereocenters. The number of carboxylic acid groups (broad SMARTS) is 1. The van der Waals surface area contributed by atoms with Crippen LogP contribution in [0.15, 0.2) is 24.3 Å². The van der Waals surface area contributed by atoms with Gasteiger partial charge in [0.2, 0.25) is 0 Å². The van der Waals surface area contributed by atoms with Crippen molar-refractivity contribution in [2.24, 2.45) is 5.92 Å². The van der Waals surface area contributed by atoms with Gasteiger partial charge in [-0.2, -0.15) is 0 Å². The summed E-state index contributed by atoms with van der Waals surface area (Å²) >= 11 is 0. The van der Waals surface area contributed by atoms with Crippen molar-refractivity contribution in [3.63, 3.8) is 0 Å². The zero-order valence-electron chi connectivity index (χ0n) is 12.1. The number of nitrogens with zero attached hydrogens (tertiary/aromatic N) is 1. The summed E-state index contributed by atoms with van der Waals surface area (Å²) in [5, 5.41) is 9.32. The lowest BCUT2D eigenvalue weighted by molar-refractivity contribution is -0.143. The topological polar surface area (TPSA) is 49.8 Å². The first-order valence-corrected chi connectivity index (χ1v) is 6.50. The van der Waals surface area contributed by atoms with E-state index in [1.807, 2.05) is 50.1 Å². The summed E-state index contributed by atoms with van der Waals surface area (Å²) in [6, 6.07) is 7.23. The predicted octanol–water partition coefficient (Wildman–Crippen LogP) is 2.63. The minimum absolute atomic E-state index is 0.348. The molecule has 0 aliphatic heterocycles. The smallest absolute Gasteiger partial charge is 0.320 e. The minimum atomic E-state index is -0.772. The number of carbonyl (C=O) groups is 1. The van der Waals surface area contributed by atoms with Gasteiger partial charge in [-0.3, -0.25) is 9.69 Å². The van der Waals surface area contributed by atoms with Gasteiger partial charge in [-0.25, -0.2) is 0 Å². The zero-order chi connectivity index (χ0) is 14.4. The van der Waals surface area contributed by atoms with Crippen molar-refractivity contribution < 1.29 is 14.6 Å². The van der Waals surface area contributed by atoms with Crippen LogP contribution < -0.4 is 4.74 Å². The van der Waals surface area contributed by atoms with Gasteiger partial charge >= 0.3 is 5.97 Å². The Morgan fingerprint density at radius 3 is 2.53 bits per heavy atom. The number of likely N-dealkylation sites (N-methyl/N-ethyl adjacent to an activating group) is 1. The molecular weight excluding hydrogens is 242 g/mol. The molecule has 0 saturated carbocycles. The molecule has 106 valence electrons. The van der Waals surface area contributed by atoms with Gasteiger partial charge in [0, 0.05) is 12.1 Å². The van der Waals surface area contributed by atoms with E-state index < -0.39 is 12.0 Å². The molecule has 0 saturated heterocycles. The molecule has 1 aromatic carbocycles. The maximum Gasteiger partial charge on any atom is 0.320 e. The summed E-state index contributed by atoms with van der Waals surface area (Å²) in [7, 11) is 3.47. The minimum Gasteiger partial charge on any atom is -0.496 e. The van der Waals surface area contributed by atoms with Crippen molar-refractivity contribution in [2.75, 3.05) is 14.2 Å². The Balaban J connectivity index is 2.81. The molecule has 19 heavy (non-hydrogen) atoms. The number of ether oxygens (including phenoxy) is 1. The van der Waals surface area contributed by atoms with E-state index in [9.17, 15) is 9.90 Å². The fraction of sp³-hybridized carbons (Fsp3) is 0.533. The quantitative estimate of drug-likeness (QED) is 0.823. The molecule has 0 spiro atoms. The molecule has 0 amide bonds. The average molecular weight is 265 g/mol. The lowest BCUT2D eigenvalue weighted by atomic mass is 10.0. The van der Waals surface area contributed by atoms with Crippen LogP contribution in [0.4, 0.5) is 0 Å². The van der Waals surface area contributed by atoms with E-state index >= 15 is 0 Å². The van der Waals surface area contributed by atoms with E-state index in [1.165, 1.54) is 0 Å². The molecule has 0 aliphatic rings. The van der Waals surface area contributed by atoms with E-state index in [0.29, 0.717) is 18.9 Å². The monoisotopic (exact) mass is 265 g/mol. The van der Waals surface area contributed by atoms with Crippen molar-refractivity contribution in [3.8, 4) is 5.75 Å². The SMILES string of the molecule is COc1ccccc1CN(C)C(CC(C)C)C(=O)O. The van der Waals surface area contributed by atoms with E-state index in [4.69, 9.17) is 4.74 Å². The predicted molar refractivity (Wildman–Crippen MR) is 75.3 cm³/mol. The van der Waals surface area contributed by atoms with Crippen molar-refractivity contribution in [1.82, 2.24) is 4.90 Å². The highest BCUT2D eigenvalue weighted by atomic mass is 16.5. The zero-order valence-corrected chi connectivity index (χ0v) is 12.1. The molecule has 1 atom stereocenters. The standard InChI is InChI=1S/C15H23NO3/c1-11(2)9-13(15(17)18)16(3)10-12-7-5-6-8-14(12)19-4/h5-8,11,13H,9-10H2,1-4H3,(H,17,18). The lowest BCUT2D eigenvalue weighted by Gasteiger charge is -2.26. The molecule has 1 aromatic rings. The number of para-hydroxylation sites is 1.